The smallest absolute Gasteiger partial charge is 0.261 e. The number of nitrogens with zero attached hydrogens (tertiary/aromatic N) is 1. The topological polar surface area (TPSA) is 40.2 Å². The molecule has 0 amide bonds. The van der Waals surface area contributed by atoms with E-state index in [0.717, 1.165) is 13.0 Å². The van der Waals surface area contributed by atoms with Gasteiger partial charge in [-0.1, -0.05) is 81.4 Å². The molecule has 2 aromatic carbocycles. The summed E-state index contributed by atoms with van der Waals surface area (Å²) in [6, 6.07) is 21.8. The predicted molar refractivity (Wildman–Crippen MR) is 127 cm³/mol. The van der Waals surface area contributed by atoms with Gasteiger partial charge in [0.05, 0.1) is 19.2 Å². The Bertz CT molecular complexity index is 890. The number of benzene rings is 2. The molecule has 3 fully saturated rings. The van der Waals surface area contributed by atoms with Crippen molar-refractivity contribution >= 4 is 18.7 Å². The molecular formula is C26H35NO4Si. The van der Waals surface area contributed by atoms with Gasteiger partial charge in [-0.3, -0.25) is 4.84 Å². The molecule has 0 aromatic heterocycles. The Morgan fingerprint density at radius 1 is 0.969 bits per heavy atom. The largest absolute Gasteiger partial charge is 0.405 e. The molecule has 0 N–H and O–H groups in total. The summed E-state index contributed by atoms with van der Waals surface area (Å²) in [4.78, 5) is 6.34. The molecule has 32 heavy (non-hydrogen) atoms. The maximum Gasteiger partial charge on any atom is 0.261 e. The van der Waals surface area contributed by atoms with Crippen LogP contribution in [0.25, 0.3) is 0 Å². The zero-order valence-corrected chi connectivity index (χ0v) is 20.8. The lowest BCUT2D eigenvalue weighted by molar-refractivity contribution is -0.205. The standard InChI is InChI=1S/C26H35NO4Si/c1-25(2,3)32(20-12-8-6-9-13-20,21-14-10-7-11-15-21)28-18-19-16-22-24-23(17-27(22)31-19)29-26(4,5)30-24/h6-15,19,22-24H,16-18H2,1-5H3/t19-,22-,23+,24-/m0/s1. The minimum absolute atomic E-state index is 0.0231. The minimum Gasteiger partial charge on any atom is -0.405 e. The van der Waals surface area contributed by atoms with E-state index in [0.29, 0.717) is 6.61 Å². The van der Waals surface area contributed by atoms with Crippen molar-refractivity contribution in [1.82, 2.24) is 5.06 Å². The van der Waals surface area contributed by atoms with Crippen molar-refractivity contribution in [2.24, 2.45) is 0 Å². The van der Waals surface area contributed by atoms with Gasteiger partial charge in [-0.05, 0) is 35.7 Å². The number of fused-ring (bicyclic) bond motifs is 3. The summed E-state index contributed by atoms with van der Waals surface area (Å²) in [6.07, 6.45) is 1.09. The number of hydrogen-bond donors (Lipinski definition) is 0. The number of hydroxylamine groups is 2. The van der Waals surface area contributed by atoms with E-state index in [-0.39, 0.29) is 29.4 Å². The Morgan fingerprint density at radius 3 is 2.12 bits per heavy atom. The second-order valence-corrected chi connectivity index (χ2v) is 15.0. The van der Waals surface area contributed by atoms with Gasteiger partial charge in [0.25, 0.3) is 8.32 Å². The second-order valence-electron chi connectivity index (χ2n) is 10.7. The van der Waals surface area contributed by atoms with E-state index in [1.807, 2.05) is 13.8 Å². The van der Waals surface area contributed by atoms with Gasteiger partial charge in [-0.25, -0.2) is 0 Å². The van der Waals surface area contributed by atoms with Crippen LogP contribution in [0.3, 0.4) is 0 Å². The fourth-order valence-corrected chi connectivity index (χ4v) is 10.4. The maximum absolute atomic E-state index is 7.08. The monoisotopic (exact) mass is 453 g/mol. The first-order chi connectivity index (χ1) is 15.2. The molecule has 6 heteroatoms. The Labute approximate surface area is 192 Å². The second kappa shape index (κ2) is 8.04. The highest BCUT2D eigenvalue weighted by atomic mass is 28.4. The molecule has 4 atom stereocenters. The molecule has 5 rings (SSSR count). The van der Waals surface area contributed by atoms with Crippen molar-refractivity contribution in [1.29, 1.82) is 0 Å². The minimum atomic E-state index is -2.56. The number of hydrogen-bond acceptors (Lipinski definition) is 5. The third-order valence-electron chi connectivity index (χ3n) is 7.02. The van der Waals surface area contributed by atoms with Crippen LogP contribution < -0.4 is 10.4 Å². The quantitative estimate of drug-likeness (QED) is 0.649. The van der Waals surface area contributed by atoms with Crippen LogP contribution in [-0.2, 0) is 18.7 Å². The molecule has 0 spiro atoms. The van der Waals surface area contributed by atoms with E-state index in [1.165, 1.54) is 10.4 Å². The molecule has 172 valence electrons. The summed E-state index contributed by atoms with van der Waals surface area (Å²) in [5.41, 5.74) is 0. The lowest BCUT2D eigenvalue weighted by Crippen LogP contribution is -2.67. The van der Waals surface area contributed by atoms with Crippen molar-refractivity contribution in [2.75, 3.05) is 13.2 Å². The average molecular weight is 454 g/mol. The van der Waals surface area contributed by atoms with E-state index in [2.05, 4.69) is 86.5 Å². The average Bonchev–Trinajstić information content (AvgIpc) is 3.36. The number of rotatable bonds is 5. The molecule has 0 saturated carbocycles. The third kappa shape index (κ3) is 3.77. The van der Waals surface area contributed by atoms with Gasteiger partial charge < -0.3 is 13.9 Å². The highest BCUT2D eigenvalue weighted by Gasteiger charge is 2.57. The van der Waals surface area contributed by atoms with Crippen LogP contribution in [-0.4, -0.2) is 56.7 Å². The van der Waals surface area contributed by atoms with Gasteiger partial charge in [0.1, 0.15) is 18.3 Å². The van der Waals surface area contributed by atoms with Gasteiger partial charge in [-0.15, -0.1) is 0 Å². The van der Waals surface area contributed by atoms with E-state index in [1.54, 1.807) is 0 Å². The summed E-state index contributed by atoms with van der Waals surface area (Å²) in [5.74, 6) is -0.509. The first kappa shape index (κ1) is 22.3. The van der Waals surface area contributed by atoms with Crippen molar-refractivity contribution in [3.63, 3.8) is 0 Å². The van der Waals surface area contributed by atoms with Gasteiger partial charge in [0.15, 0.2) is 5.79 Å². The van der Waals surface area contributed by atoms with Crippen molar-refractivity contribution in [2.45, 2.75) is 76.2 Å². The SMILES string of the molecule is CC1(C)O[C@@H]2[C@@H](CN3O[C@H](CO[Si](c4ccccc4)(c4ccccc4)C(C)(C)C)C[C@@H]23)O1. The molecule has 5 nitrogen and oxygen atoms in total. The highest BCUT2D eigenvalue weighted by Crippen LogP contribution is 2.42. The summed E-state index contributed by atoms with van der Waals surface area (Å²) in [7, 11) is -2.56. The van der Waals surface area contributed by atoms with E-state index in [9.17, 15) is 0 Å². The van der Waals surface area contributed by atoms with Crippen LogP contribution in [0.1, 0.15) is 41.0 Å². The molecule has 0 radical (unpaired) electrons. The highest BCUT2D eigenvalue weighted by molar-refractivity contribution is 6.99. The summed E-state index contributed by atoms with van der Waals surface area (Å²) in [5, 5.41) is 4.63. The molecule has 0 unspecified atom stereocenters. The molecule has 3 saturated heterocycles. The zero-order chi connectivity index (χ0) is 22.6. The first-order valence-electron chi connectivity index (χ1n) is 11.7. The van der Waals surface area contributed by atoms with Crippen LogP contribution in [0, 0.1) is 0 Å². The summed E-state index contributed by atoms with van der Waals surface area (Å²) >= 11 is 0. The lowest BCUT2D eigenvalue weighted by atomic mass is 10.1. The van der Waals surface area contributed by atoms with Gasteiger partial charge in [0, 0.05) is 0 Å². The molecular weight excluding hydrogens is 418 g/mol. The van der Waals surface area contributed by atoms with E-state index >= 15 is 0 Å². The van der Waals surface area contributed by atoms with Crippen LogP contribution in [0.2, 0.25) is 5.04 Å². The van der Waals surface area contributed by atoms with Crippen molar-refractivity contribution < 1.29 is 18.7 Å². The van der Waals surface area contributed by atoms with Crippen LogP contribution in [0.15, 0.2) is 60.7 Å². The molecule has 0 bridgehead atoms. The fraction of sp³-hybridized carbons (Fsp3) is 0.538. The Hall–Kier alpha value is -1.54. The van der Waals surface area contributed by atoms with Crippen LogP contribution in [0.4, 0.5) is 0 Å². The zero-order valence-electron chi connectivity index (χ0n) is 19.8. The van der Waals surface area contributed by atoms with E-state index in [4.69, 9.17) is 18.7 Å². The Balaban J connectivity index is 1.39. The molecule has 3 heterocycles. The fourth-order valence-electron chi connectivity index (χ4n) is 5.76. The first-order valence-corrected chi connectivity index (χ1v) is 13.6. The van der Waals surface area contributed by atoms with Crippen LogP contribution in [0.5, 0.6) is 0 Å². The van der Waals surface area contributed by atoms with Crippen molar-refractivity contribution in [3.8, 4) is 0 Å². The van der Waals surface area contributed by atoms with Crippen LogP contribution >= 0.6 is 0 Å². The summed E-state index contributed by atoms with van der Waals surface area (Å²) < 4.78 is 19.3. The van der Waals surface area contributed by atoms with E-state index < -0.39 is 14.1 Å². The van der Waals surface area contributed by atoms with Crippen molar-refractivity contribution in [3.05, 3.63) is 60.7 Å². The molecule has 0 aliphatic carbocycles. The summed E-state index contributed by atoms with van der Waals surface area (Å²) in [6.45, 7) is 12.2. The Kier molecular flexibility index (Phi) is 5.60. The molecule has 3 aliphatic rings. The van der Waals surface area contributed by atoms with Gasteiger partial charge >= 0.3 is 0 Å². The van der Waals surface area contributed by atoms with Gasteiger partial charge in [-0.2, -0.15) is 5.06 Å². The molecule has 2 aromatic rings. The predicted octanol–water partition coefficient (Wildman–Crippen LogP) is 3.47. The van der Waals surface area contributed by atoms with Gasteiger partial charge in [0.2, 0.25) is 0 Å². The Morgan fingerprint density at radius 2 is 1.56 bits per heavy atom. The third-order valence-corrected chi connectivity index (χ3v) is 12.0. The lowest BCUT2D eigenvalue weighted by Gasteiger charge is -2.43. The normalized spacial score (nSPS) is 29.8. The maximum atomic E-state index is 7.08. The number of ether oxygens (including phenoxy) is 2. The molecule has 3 aliphatic heterocycles.